The Morgan fingerprint density at radius 3 is 2.72 bits per heavy atom. The molecule has 0 aliphatic carbocycles. The number of fused-ring (bicyclic) bond motifs is 1. The van der Waals surface area contributed by atoms with Crippen molar-refractivity contribution in [3.63, 3.8) is 0 Å². The number of carbonyl (C=O) groups is 2. The van der Waals surface area contributed by atoms with Gasteiger partial charge >= 0.3 is 6.03 Å². The molecule has 2 heterocycles. The van der Waals surface area contributed by atoms with Gasteiger partial charge in [-0.25, -0.2) is 4.79 Å². The van der Waals surface area contributed by atoms with E-state index in [4.69, 9.17) is 27.9 Å². The molecule has 0 aromatic heterocycles. The normalized spacial score (nSPS) is 21.0. The predicted octanol–water partition coefficient (Wildman–Crippen LogP) is 6.38. The highest BCUT2D eigenvalue weighted by molar-refractivity contribution is 6.31. The summed E-state index contributed by atoms with van der Waals surface area (Å²) in [5, 5.41) is 7.24. The number of methoxy groups -OCH3 is 1. The van der Waals surface area contributed by atoms with Crippen LogP contribution in [0.2, 0.25) is 10.0 Å². The molecular weight excluding hydrogens is 497 g/mol. The van der Waals surface area contributed by atoms with Crippen LogP contribution < -0.4 is 15.4 Å². The number of amides is 3. The van der Waals surface area contributed by atoms with E-state index >= 15 is 0 Å². The summed E-state index contributed by atoms with van der Waals surface area (Å²) >= 11 is 12.5. The summed E-state index contributed by atoms with van der Waals surface area (Å²) in [6.45, 7) is 1.07. The largest absolute Gasteiger partial charge is 0.497 e. The average molecular weight is 524 g/mol. The minimum absolute atomic E-state index is 0.0696. The molecule has 5 rings (SSSR count). The Morgan fingerprint density at radius 2 is 1.92 bits per heavy atom. The van der Waals surface area contributed by atoms with E-state index in [1.54, 1.807) is 24.1 Å². The molecular formula is C28H27Cl2N3O3. The molecule has 3 aromatic rings. The van der Waals surface area contributed by atoms with Gasteiger partial charge in [-0.2, -0.15) is 0 Å². The number of halogens is 2. The number of urea groups is 1. The molecule has 0 spiro atoms. The molecule has 0 bridgehead atoms. The Kier molecular flexibility index (Phi) is 6.82. The maximum absolute atomic E-state index is 13.8. The van der Waals surface area contributed by atoms with Crippen LogP contribution in [0.5, 0.6) is 5.75 Å². The third-order valence-electron chi connectivity index (χ3n) is 7.21. The molecule has 0 saturated carbocycles. The lowest BCUT2D eigenvalue weighted by Crippen LogP contribution is -2.52. The number of likely N-dealkylation sites (tertiary alicyclic amines) is 1. The van der Waals surface area contributed by atoms with Crippen LogP contribution in [0.4, 0.5) is 16.2 Å². The lowest BCUT2D eigenvalue weighted by molar-refractivity contribution is -0.123. The summed E-state index contributed by atoms with van der Waals surface area (Å²) in [7, 11) is 1.59. The Morgan fingerprint density at radius 1 is 1.11 bits per heavy atom. The third-order valence-corrected chi connectivity index (χ3v) is 7.68. The fourth-order valence-electron chi connectivity index (χ4n) is 5.53. The minimum Gasteiger partial charge on any atom is -0.497 e. The highest BCUT2D eigenvalue weighted by Gasteiger charge is 2.53. The summed E-state index contributed by atoms with van der Waals surface area (Å²) in [5.41, 5.74) is 2.43. The predicted molar refractivity (Wildman–Crippen MR) is 143 cm³/mol. The third kappa shape index (κ3) is 4.63. The van der Waals surface area contributed by atoms with Gasteiger partial charge in [-0.1, -0.05) is 47.5 Å². The second-order valence-corrected chi connectivity index (χ2v) is 10.2. The summed E-state index contributed by atoms with van der Waals surface area (Å²) in [6, 6.07) is 20.3. The highest BCUT2D eigenvalue weighted by atomic mass is 35.5. The first-order valence-corrected chi connectivity index (χ1v) is 12.7. The first kappa shape index (κ1) is 24.5. The zero-order valence-corrected chi connectivity index (χ0v) is 21.4. The van der Waals surface area contributed by atoms with Crippen molar-refractivity contribution in [2.45, 2.75) is 24.7 Å². The number of hydrogen-bond acceptors (Lipinski definition) is 3. The number of rotatable bonds is 5. The molecule has 6 nitrogen and oxygen atoms in total. The number of piperidine rings is 1. The van der Waals surface area contributed by atoms with Gasteiger partial charge < -0.3 is 20.3 Å². The van der Waals surface area contributed by atoms with Crippen molar-refractivity contribution in [1.82, 2.24) is 4.90 Å². The lowest BCUT2D eigenvalue weighted by Gasteiger charge is -2.42. The SMILES string of the molecule is COc1cccc(NC(=O)N2CCCC(C3(Cc4cccc(Cl)c4)C(=O)Nc4cc(Cl)ccc43)C2)c1. The van der Waals surface area contributed by atoms with E-state index in [1.807, 2.05) is 54.6 Å². The number of carbonyl (C=O) groups excluding carboxylic acids is 2. The van der Waals surface area contributed by atoms with Crippen molar-refractivity contribution < 1.29 is 14.3 Å². The van der Waals surface area contributed by atoms with Crippen molar-refractivity contribution in [3.8, 4) is 5.75 Å². The Labute approximate surface area is 220 Å². The number of benzene rings is 3. The number of nitrogens with one attached hydrogen (secondary N) is 2. The van der Waals surface area contributed by atoms with Crippen molar-refractivity contribution >= 4 is 46.5 Å². The van der Waals surface area contributed by atoms with Gasteiger partial charge in [0.25, 0.3) is 0 Å². The Hall–Kier alpha value is -3.22. The molecule has 2 unspecified atom stereocenters. The minimum atomic E-state index is -0.848. The smallest absolute Gasteiger partial charge is 0.321 e. The fraction of sp³-hybridized carbons (Fsp3) is 0.286. The topological polar surface area (TPSA) is 70.7 Å². The van der Waals surface area contributed by atoms with Gasteiger partial charge in [-0.15, -0.1) is 0 Å². The molecule has 2 atom stereocenters. The molecule has 2 N–H and O–H groups in total. The maximum Gasteiger partial charge on any atom is 0.321 e. The van der Waals surface area contributed by atoms with Gasteiger partial charge in [0.2, 0.25) is 5.91 Å². The van der Waals surface area contributed by atoms with Gasteiger partial charge in [0.15, 0.2) is 0 Å². The molecule has 36 heavy (non-hydrogen) atoms. The number of hydrogen-bond donors (Lipinski definition) is 2. The van der Waals surface area contributed by atoms with Gasteiger partial charge in [-0.05, 0) is 72.7 Å². The van der Waals surface area contributed by atoms with E-state index in [0.29, 0.717) is 41.0 Å². The van der Waals surface area contributed by atoms with Crippen LogP contribution in [0.25, 0.3) is 0 Å². The average Bonchev–Trinajstić information content (AvgIpc) is 3.15. The quantitative estimate of drug-likeness (QED) is 0.407. The summed E-state index contributed by atoms with van der Waals surface area (Å²) in [4.78, 5) is 28.8. The second-order valence-electron chi connectivity index (χ2n) is 9.37. The molecule has 3 aromatic carbocycles. The van der Waals surface area contributed by atoms with Gasteiger partial charge in [0.1, 0.15) is 5.75 Å². The fourth-order valence-corrected chi connectivity index (χ4v) is 5.91. The van der Waals surface area contributed by atoms with Crippen LogP contribution in [-0.4, -0.2) is 37.0 Å². The zero-order valence-electron chi connectivity index (χ0n) is 19.9. The number of anilines is 2. The number of ether oxygens (including phenoxy) is 1. The second kappa shape index (κ2) is 10.0. The number of nitrogens with zero attached hydrogens (tertiary/aromatic N) is 1. The molecule has 8 heteroatoms. The van der Waals surface area contributed by atoms with Crippen molar-refractivity contribution in [3.05, 3.63) is 87.9 Å². The van der Waals surface area contributed by atoms with Crippen LogP contribution in [0.15, 0.2) is 66.7 Å². The van der Waals surface area contributed by atoms with Crippen molar-refractivity contribution in [2.75, 3.05) is 30.8 Å². The van der Waals surface area contributed by atoms with Crippen molar-refractivity contribution in [2.24, 2.45) is 5.92 Å². The van der Waals surface area contributed by atoms with Crippen LogP contribution in [0.3, 0.4) is 0 Å². The zero-order chi connectivity index (χ0) is 25.3. The van der Waals surface area contributed by atoms with E-state index in [-0.39, 0.29) is 17.9 Å². The Bertz CT molecular complexity index is 1310. The standard InChI is InChI=1S/C28H27Cl2N3O3/c1-36-23-9-3-8-22(15-23)31-27(35)33-12-4-6-19(17-33)28(16-18-5-2-7-20(29)13-18)24-11-10-21(30)14-25(24)32-26(28)34/h2-3,5,7-11,13-15,19H,4,6,12,16-17H2,1H3,(H,31,35)(H,32,34). The lowest BCUT2D eigenvalue weighted by atomic mass is 9.65. The van der Waals surface area contributed by atoms with E-state index < -0.39 is 5.41 Å². The summed E-state index contributed by atoms with van der Waals surface area (Å²) < 4.78 is 5.27. The summed E-state index contributed by atoms with van der Waals surface area (Å²) in [6.07, 6.45) is 2.09. The molecule has 1 fully saturated rings. The summed E-state index contributed by atoms with van der Waals surface area (Å²) in [5.74, 6) is 0.506. The van der Waals surface area contributed by atoms with Crippen LogP contribution in [0, 0.1) is 5.92 Å². The van der Waals surface area contributed by atoms with E-state index in [9.17, 15) is 9.59 Å². The van der Waals surface area contributed by atoms with Crippen molar-refractivity contribution in [1.29, 1.82) is 0 Å². The van der Waals surface area contributed by atoms with Gasteiger partial charge in [0.05, 0.1) is 12.5 Å². The monoisotopic (exact) mass is 523 g/mol. The van der Waals surface area contributed by atoms with Crippen LogP contribution >= 0.6 is 23.2 Å². The van der Waals surface area contributed by atoms with Gasteiger partial charge in [0, 0.05) is 40.6 Å². The van der Waals surface area contributed by atoms with Crippen LogP contribution in [-0.2, 0) is 16.6 Å². The first-order chi connectivity index (χ1) is 17.4. The molecule has 0 radical (unpaired) electrons. The van der Waals surface area contributed by atoms with E-state index in [1.165, 1.54) is 0 Å². The van der Waals surface area contributed by atoms with Crippen LogP contribution in [0.1, 0.15) is 24.0 Å². The molecule has 2 aliphatic heterocycles. The Balaban J connectivity index is 1.47. The molecule has 2 aliphatic rings. The molecule has 186 valence electrons. The van der Waals surface area contributed by atoms with E-state index in [0.717, 1.165) is 29.7 Å². The van der Waals surface area contributed by atoms with Gasteiger partial charge in [-0.3, -0.25) is 4.79 Å². The molecule has 1 saturated heterocycles. The van der Waals surface area contributed by atoms with E-state index in [2.05, 4.69) is 10.6 Å². The highest BCUT2D eigenvalue weighted by Crippen LogP contribution is 2.49. The molecule has 3 amide bonds. The first-order valence-electron chi connectivity index (χ1n) is 11.9. The maximum atomic E-state index is 13.8.